The van der Waals surface area contributed by atoms with Gasteiger partial charge in [-0.05, 0) is 36.8 Å². The molecule has 0 aromatic heterocycles. The van der Waals surface area contributed by atoms with Gasteiger partial charge in [-0.1, -0.05) is 49.0 Å². The molecule has 1 atom stereocenters. The van der Waals surface area contributed by atoms with E-state index in [2.05, 4.69) is 6.92 Å². The van der Waals surface area contributed by atoms with Gasteiger partial charge in [0.05, 0.1) is 10.0 Å². The molecule has 3 rings (SSSR count). The van der Waals surface area contributed by atoms with Crippen molar-refractivity contribution in [3.63, 3.8) is 0 Å². The van der Waals surface area contributed by atoms with Crippen molar-refractivity contribution in [3.05, 3.63) is 33.3 Å². The fourth-order valence-electron chi connectivity index (χ4n) is 3.64. The van der Waals surface area contributed by atoms with E-state index in [0.717, 1.165) is 12.0 Å². The molecular weight excluding hydrogens is 267 g/mol. The molecule has 1 fully saturated rings. The van der Waals surface area contributed by atoms with E-state index in [0.29, 0.717) is 21.5 Å². The first-order chi connectivity index (χ1) is 8.54. The fourth-order valence-corrected chi connectivity index (χ4v) is 4.07. The van der Waals surface area contributed by atoms with Gasteiger partial charge >= 0.3 is 0 Å². The summed E-state index contributed by atoms with van der Waals surface area (Å²) in [6, 6.07) is 3.76. The van der Waals surface area contributed by atoms with Gasteiger partial charge in [-0.15, -0.1) is 0 Å². The summed E-state index contributed by atoms with van der Waals surface area (Å²) in [5, 5.41) is 0.931. The van der Waals surface area contributed by atoms with Crippen LogP contribution >= 0.6 is 23.2 Å². The average molecular weight is 283 g/mol. The maximum atomic E-state index is 12.7. The molecule has 0 radical (unpaired) electrons. The number of carbonyl (C=O) groups is 1. The zero-order chi connectivity index (χ0) is 12.9. The molecule has 96 valence electrons. The van der Waals surface area contributed by atoms with Gasteiger partial charge < -0.3 is 0 Å². The minimum Gasteiger partial charge on any atom is -0.293 e. The van der Waals surface area contributed by atoms with Crippen molar-refractivity contribution >= 4 is 29.0 Å². The minimum absolute atomic E-state index is 0.205. The molecular formula is C15H16Cl2O. The topological polar surface area (TPSA) is 17.1 Å². The van der Waals surface area contributed by atoms with Crippen LogP contribution in [0, 0.1) is 11.3 Å². The van der Waals surface area contributed by atoms with E-state index in [9.17, 15) is 4.79 Å². The normalized spacial score (nSPS) is 27.8. The van der Waals surface area contributed by atoms with Gasteiger partial charge in [0.2, 0.25) is 0 Å². The number of hydrogen-bond donors (Lipinski definition) is 0. The number of ketones is 1. The van der Waals surface area contributed by atoms with E-state index >= 15 is 0 Å². The number of halogens is 2. The van der Waals surface area contributed by atoms with Gasteiger partial charge in [-0.3, -0.25) is 4.79 Å². The lowest BCUT2D eigenvalue weighted by molar-refractivity contribution is 0.0744. The molecule has 1 unspecified atom stereocenters. The molecule has 3 heteroatoms. The molecule has 0 spiro atoms. The highest BCUT2D eigenvalue weighted by Gasteiger charge is 2.48. The molecule has 0 amide bonds. The number of carbonyl (C=O) groups excluding carboxylic acids is 1. The maximum absolute atomic E-state index is 12.7. The predicted molar refractivity (Wildman–Crippen MR) is 74.6 cm³/mol. The van der Waals surface area contributed by atoms with Gasteiger partial charge in [-0.25, -0.2) is 0 Å². The second-order valence-corrected chi connectivity index (χ2v) is 6.59. The van der Waals surface area contributed by atoms with Crippen molar-refractivity contribution in [2.24, 2.45) is 11.3 Å². The van der Waals surface area contributed by atoms with E-state index < -0.39 is 0 Å². The van der Waals surface area contributed by atoms with Crippen molar-refractivity contribution < 1.29 is 4.79 Å². The molecule has 2 aliphatic carbocycles. The van der Waals surface area contributed by atoms with Gasteiger partial charge in [-0.2, -0.15) is 0 Å². The van der Waals surface area contributed by atoms with Crippen LogP contribution in [0.4, 0.5) is 0 Å². The summed E-state index contributed by atoms with van der Waals surface area (Å²) in [7, 11) is 0. The van der Waals surface area contributed by atoms with Crippen LogP contribution in [-0.4, -0.2) is 5.78 Å². The third-order valence-electron chi connectivity index (χ3n) is 4.74. The standard InChI is InChI=1S/C15H16Cl2O/c1-15(10-4-2-3-5-10)8-9-6-7-11(16)13(17)12(9)14(15)18/h6-7,10H,2-5,8H2,1H3. The van der Waals surface area contributed by atoms with E-state index in [4.69, 9.17) is 23.2 Å². The molecule has 0 heterocycles. The van der Waals surface area contributed by atoms with Crippen molar-refractivity contribution in [1.82, 2.24) is 0 Å². The van der Waals surface area contributed by atoms with Gasteiger partial charge in [0.25, 0.3) is 0 Å². The first-order valence-electron chi connectivity index (χ1n) is 6.56. The van der Waals surface area contributed by atoms with Crippen molar-refractivity contribution in [1.29, 1.82) is 0 Å². The molecule has 1 aromatic carbocycles. The highest BCUT2D eigenvalue weighted by atomic mass is 35.5. The monoisotopic (exact) mass is 282 g/mol. The second kappa shape index (κ2) is 4.25. The Morgan fingerprint density at radius 1 is 1.22 bits per heavy atom. The Bertz CT molecular complexity index is 517. The van der Waals surface area contributed by atoms with Gasteiger partial charge in [0, 0.05) is 11.0 Å². The summed E-state index contributed by atoms with van der Waals surface area (Å²) in [4.78, 5) is 12.7. The van der Waals surface area contributed by atoms with Gasteiger partial charge in [0.15, 0.2) is 5.78 Å². The highest BCUT2D eigenvalue weighted by molar-refractivity contribution is 6.44. The van der Waals surface area contributed by atoms with Crippen molar-refractivity contribution in [3.8, 4) is 0 Å². The lowest BCUT2D eigenvalue weighted by atomic mass is 9.73. The summed E-state index contributed by atoms with van der Waals surface area (Å²) in [5.41, 5.74) is 1.50. The lowest BCUT2D eigenvalue weighted by Crippen LogP contribution is -2.32. The quantitative estimate of drug-likeness (QED) is 0.714. The average Bonchev–Trinajstić information content (AvgIpc) is 2.94. The van der Waals surface area contributed by atoms with Crippen LogP contribution in [0.3, 0.4) is 0 Å². The molecule has 18 heavy (non-hydrogen) atoms. The smallest absolute Gasteiger partial charge is 0.171 e. The Labute approximate surface area is 117 Å². The lowest BCUT2D eigenvalue weighted by Gasteiger charge is -2.29. The summed E-state index contributed by atoms with van der Waals surface area (Å²) in [6.07, 6.45) is 5.66. The molecule has 2 aliphatic rings. The van der Waals surface area contributed by atoms with Crippen LogP contribution in [0.5, 0.6) is 0 Å². The van der Waals surface area contributed by atoms with Crippen LogP contribution in [0.1, 0.15) is 48.5 Å². The Morgan fingerprint density at radius 3 is 2.56 bits per heavy atom. The maximum Gasteiger partial charge on any atom is 0.171 e. The summed E-state index contributed by atoms with van der Waals surface area (Å²) >= 11 is 12.2. The first kappa shape index (κ1) is 12.5. The largest absolute Gasteiger partial charge is 0.293 e. The Balaban J connectivity index is 2.05. The van der Waals surface area contributed by atoms with Crippen LogP contribution in [-0.2, 0) is 6.42 Å². The minimum atomic E-state index is -0.257. The molecule has 1 aromatic rings. The predicted octanol–water partition coefficient (Wildman–Crippen LogP) is 4.93. The molecule has 1 saturated carbocycles. The molecule has 0 saturated heterocycles. The molecule has 0 aliphatic heterocycles. The van der Waals surface area contributed by atoms with E-state index in [-0.39, 0.29) is 11.2 Å². The molecule has 0 bridgehead atoms. The number of hydrogen-bond acceptors (Lipinski definition) is 1. The number of rotatable bonds is 1. The van der Waals surface area contributed by atoms with E-state index in [1.807, 2.05) is 6.07 Å². The van der Waals surface area contributed by atoms with Crippen LogP contribution < -0.4 is 0 Å². The van der Waals surface area contributed by atoms with E-state index in [1.165, 1.54) is 25.7 Å². The van der Waals surface area contributed by atoms with Crippen molar-refractivity contribution in [2.75, 3.05) is 0 Å². The Kier molecular flexibility index (Phi) is 2.95. The number of fused-ring (bicyclic) bond motifs is 1. The van der Waals surface area contributed by atoms with E-state index in [1.54, 1.807) is 6.07 Å². The Morgan fingerprint density at radius 2 is 1.89 bits per heavy atom. The summed E-state index contributed by atoms with van der Waals surface area (Å²) in [6.45, 7) is 2.11. The number of Topliss-reactive ketones (excluding diaryl/α,β-unsaturated/α-hetero) is 1. The van der Waals surface area contributed by atoms with Crippen LogP contribution in [0.15, 0.2) is 12.1 Å². The third kappa shape index (κ3) is 1.64. The highest BCUT2D eigenvalue weighted by Crippen LogP contribution is 2.50. The third-order valence-corrected chi connectivity index (χ3v) is 5.55. The zero-order valence-electron chi connectivity index (χ0n) is 10.4. The van der Waals surface area contributed by atoms with Crippen LogP contribution in [0.25, 0.3) is 0 Å². The summed E-state index contributed by atoms with van der Waals surface area (Å²) < 4.78 is 0. The SMILES string of the molecule is CC1(C2CCCC2)Cc2ccc(Cl)c(Cl)c2C1=O. The first-order valence-corrected chi connectivity index (χ1v) is 7.31. The zero-order valence-corrected chi connectivity index (χ0v) is 11.9. The van der Waals surface area contributed by atoms with Gasteiger partial charge in [0.1, 0.15) is 0 Å². The number of benzene rings is 1. The molecule has 1 nitrogen and oxygen atoms in total. The second-order valence-electron chi connectivity index (χ2n) is 5.80. The van der Waals surface area contributed by atoms with Crippen LogP contribution in [0.2, 0.25) is 10.0 Å². The Hall–Kier alpha value is -0.530. The van der Waals surface area contributed by atoms with Crippen molar-refractivity contribution in [2.45, 2.75) is 39.0 Å². The summed E-state index contributed by atoms with van der Waals surface area (Å²) in [5.74, 6) is 0.712. The fraction of sp³-hybridized carbons (Fsp3) is 0.533. The molecule has 0 N–H and O–H groups in total.